The van der Waals surface area contributed by atoms with Crippen molar-refractivity contribution >= 4 is 217 Å². The van der Waals surface area contributed by atoms with Crippen LogP contribution in [0.5, 0.6) is 0 Å². The fourth-order valence-corrected chi connectivity index (χ4v) is 26.3. The molecule has 18 aromatic carbocycles. The van der Waals surface area contributed by atoms with Crippen LogP contribution in [-0.2, 0) is 13.7 Å². The van der Waals surface area contributed by atoms with E-state index in [1.54, 1.807) is 0 Å². The fraction of sp³-hybridized carbons (Fsp3) is 0. The molecule has 6 aromatic heterocycles. The number of hydrogen-bond acceptors (Lipinski definition) is 6. The molecule has 24 rings (SSSR count). The molecular formula is C105H69N6O3P3. The molecule has 24 aromatic rings. The highest BCUT2D eigenvalue weighted by Gasteiger charge is 2.36. The van der Waals surface area contributed by atoms with Gasteiger partial charge in [-0.25, -0.2) is 15.0 Å². The first-order chi connectivity index (χ1) is 57.7. The summed E-state index contributed by atoms with van der Waals surface area (Å²) in [7, 11) is -9.51. The number of benzene rings is 18. The molecule has 0 radical (unpaired) electrons. The summed E-state index contributed by atoms with van der Waals surface area (Å²) in [6.45, 7) is 0. The zero-order valence-corrected chi connectivity index (χ0v) is 65.8. The van der Waals surface area contributed by atoms with Crippen molar-refractivity contribution in [3.05, 3.63) is 419 Å². The summed E-state index contributed by atoms with van der Waals surface area (Å²) in [5, 5.41) is 24.4. The fourth-order valence-electron chi connectivity index (χ4n) is 18.2. The summed E-state index contributed by atoms with van der Waals surface area (Å²) in [6.07, 6.45) is 0. The molecule has 0 unspecified atom stereocenters. The Morgan fingerprint density at radius 1 is 0.188 bits per heavy atom. The van der Waals surface area contributed by atoms with Crippen molar-refractivity contribution in [2.75, 3.05) is 0 Å². The average molecular weight is 1560 g/mol. The second-order valence-electron chi connectivity index (χ2n) is 29.8. The third kappa shape index (κ3) is 10.9. The molecular weight excluding hydrogens is 1490 g/mol. The highest BCUT2D eigenvalue weighted by atomic mass is 31.2. The van der Waals surface area contributed by atoms with E-state index in [1.165, 1.54) is 21.5 Å². The van der Waals surface area contributed by atoms with Crippen LogP contribution in [0, 0.1) is 0 Å². The topological polar surface area (TPSA) is 103 Å². The predicted molar refractivity (Wildman–Crippen MR) is 494 cm³/mol. The molecule has 0 spiro atoms. The summed E-state index contributed by atoms with van der Waals surface area (Å²) in [6, 6.07) is 142. The second kappa shape index (κ2) is 27.8. The number of para-hydroxylation sites is 7. The van der Waals surface area contributed by atoms with E-state index < -0.39 is 21.4 Å². The molecule has 9 nitrogen and oxygen atoms in total. The smallest absolute Gasteiger partial charge is 0.173 e. The Morgan fingerprint density at radius 2 is 0.496 bits per heavy atom. The number of imidazole rings is 3. The van der Waals surface area contributed by atoms with E-state index in [2.05, 4.69) is 213 Å². The Morgan fingerprint density at radius 3 is 0.923 bits per heavy atom. The highest BCUT2D eigenvalue weighted by molar-refractivity contribution is 7.86. The molecule has 0 bridgehead atoms. The molecule has 0 fully saturated rings. The number of aromatic nitrogens is 6. The van der Waals surface area contributed by atoms with Gasteiger partial charge in [0.1, 0.15) is 16.9 Å². The normalized spacial score (nSPS) is 12.2. The van der Waals surface area contributed by atoms with E-state index in [-0.39, 0.29) is 0 Å². The summed E-state index contributed by atoms with van der Waals surface area (Å²) in [5.41, 5.74) is 11.7. The Hall–Kier alpha value is -14.2. The van der Waals surface area contributed by atoms with Crippen LogP contribution in [0.1, 0.15) is 0 Å². The molecule has 6 heterocycles. The van der Waals surface area contributed by atoms with Gasteiger partial charge in [-0.2, -0.15) is 0 Å². The molecule has 0 aliphatic rings. The molecule has 0 amide bonds. The molecule has 0 aliphatic carbocycles. The summed E-state index contributed by atoms with van der Waals surface area (Å²) in [4.78, 5) is 15.4. The van der Waals surface area contributed by atoms with Gasteiger partial charge < -0.3 is 13.7 Å². The molecule has 0 N–H and O–H groups in total. The van der Waals surface area contributed by atoms with Gasteiger partial charge >= 0.3 is 0 Å². The van der Waals surface area contributed by atoms with Gasteiger partial charge in [0.15, 0.2) is 21.4 Å². The first-order valence-electron chi connectivity index (χ1n) is 39.3. The van der Waals surface area contributed by atoms with Gasteiger partial charge in [0.05, 0.1) is 49.7 Å². The molecule has 117 heavy (non-hydrogen) atoms. The molecule has 0 saturated heterocycles. The highest BCUT2D eigenvalue weighted by Crippen LogP contribution is 2.50. The third-order valence-electron chi connectivity index (χ3n) is 23.5. The molecule has 0 aliphatic heterocycles. The second-order valence-corrected chi connectivity index (χ2v) is 38.1. The van der Waals surface area contributed by atoms with Crippen molar-refractivity contribution in [3.8, 4) is 0 Å². The largest absolute Gasteiger partial charge is 0.309 e. The Bertz CT molecular complexity index is 8100. The molecule has 12 heteroatoms. The summed E-state index contributed by atoms with van der Waals surface area (Å²) < 4.78 is 52.8. The van der Waals surface area contributed by atoms with Gasteiger partial charge in [-0.05, 0) is 115 Å². The lowest BCUT2D eigenvalue weighted by Gasteiger charge is -2.23. The van der Waals surface area contributed by atoms with Crippen molar-refractivity contribution in [2.24, 2.45) is 0 Å². The lowest BCUT2D eigenvalue weighted by molar-refractivity contribution is 0.591. The van der Waals surface area contributed by atoms with Gasteiger partial charge in [0.2, 0.25) is 0 Å². The maximum Gasteiger partial charge on any atom is 0.173 e. The van der Waals surface area contributed by atoms with Crippen LogP contribution in [-0.4, -0.2) is 28.2 Å². The monoisotopic (exact) mass is 1550 g/mol. The van der Waals surface area contributed by atoms with E-state index in [0.29, 0.717) is 0 Å². The van der Waals surface area contributed by atoms with Crippen molar-refractivity contribution in [3.63, 3.8) is 0 Å². The summed E-state index contributed by atoms with van der Waals surface area (Å²) in [5.74, 6) is 0. The van der Waals surface area contributed by atoms with E-state index in [1.807, 2.05) is 218 Å². The van der Waals surface area contributed by atoms with E-state index in [9.17, 15) is 0 Å². The van der Waals surface area contributed by atoms with Crippen LogP contribution in [0.15, 0.2) is 419 Å². The zero-order chi connectivity index (χ0) is 77.9. The number of pyridine rings is 3. The molecule has 0 atom stereocenters. The third-order valence-corrected chi connectivity index (χ3v) is 32.7. The standard InChI is InChI=1S/3C35H23N2OP/c38-39(25-13-3-1-4-14-25,26-15-5-2-6-16-26)32-21-11-18-29-28-23-22-24-12-7-8-17-27(24)33(28)35-36-30-19-9-10-20-31(30)37(35)34(29)32;38-39(25-12-3-1-4-13-25,26-14-5-2-6-15-26)27-20-22-29-30-21-19-24-11-7-8-16-28(24)34(30)35-36-31-17-9-10-18-32(31)37(35)33(29)23-27;38-39(25-12-3-1-4-13-25,26-14-5-2-6-15-26)27-20-22-32-30(23-27)29-21-19-24-11-7-8-16-28(24)34(29)35-36-31-17-9-10-18-33(31)37(32)35/h3*1-23H. The zero-order valence-electron chi connectivity index (χ0n) is 63.1. The predicted octanol–water partition coefficient (Wildman–Crippen LogP) is 22.8. The van der Waals surface area contributed by atoms with Gasteiger partial charge in [-0.15, -0.1) is 0 Å². The SMILES string of the molecule is O=P(c1ccccc1)(c1ccccc1)c1ccc2c(c1)c1ccc3ccccc3c1c1nc3ccccc3n21.O=P(c1ccccc1)(c1ccccc1)c1ccc2c3ccc4ccccc4c3c3nc4ccccc4n3c2c1.O=P(c1ccccc1)(c1ccccc1)c1cccc2c3ccc4ccccc4c3c3nc4ccccc4n3c12. The average Bonchev–Trinajstić information content (AvgIpc) is 1.64. The quantitative estimate of drug-likeness (QED) is 0.105. The van der Waals surface area contributed by atoms with Gasteiger partial charge in [-0.3, -0.25) is 13.2 Å². The van der Waals surface area contributed by atoms with Crippen LogP contribution < -0.4 is 47.7 Å². The van der Waals surface area contributed by atoms with E-state index >= 15 is 13.7 Å². The molecule has 0 saturated carbocycles. The Labute approximate surface area is 672 Å². The van der Waals surface area contributed by atoms with Crippen molar-refractivity contribution < 1.29 is 13.7 Å². The molecule has 552 valence electrons. The number of hydrogen-bond donors (Lipinski definition) is 0. The number of rotatable bonds is 9. The first kappa shape index (κ1) is 69.5. The lowest BCUT2D eigenvalue weighted by atomic mass is 9.99. The Balaban J connectivity index is 0.000000106. The van der Waals surface area contributed by atoms with Gasteiger partial charge in [0.25, 0.3) is 0 Å². The van der Waals surface area contributed by atoms with E-state index in [4.69, 9.17) is 15.0 Å². The van der Waals surface area contributed by atoms with Crippen molar-refractivity contribution in [1.29, 1.82) is 0 Å². The van der Waals surface area contributed by atoms with Crippen LogP contribution >= 0.6 is 21.4 Å². The van der Waals surface area contributed by atoms with Crippen LogP contribution in [0.3, 0.4) is 0 Å². The van der Waals surface area contributed by atoms with Crippen LogP contribution in [0.2, 0.25) is 0 Å². The summed E-state index contributed by atoms with van der Waals surface area (Å²) >= 11 is 0. The minimum absolute atomic E-state index is 0.812. The van der Waals surface area contributed by atoms with E-state index in [0.717, 1.165) is 174 Å². The number of nitrogens with zero attached hydrogens (tertiary/aromatic N) is 6. The van der Waals surface area contributed by atoms with Crippen molar-refractivity contribution in [2.45, 2.75) is 0 Å². The lowest BCUT2D eigenvalue weighted by Crippen LogP contribution is -2.26. The number of fused-ring (bicyclic) bond motifs is 30. The Kier molecular flexibility index (Phi) is 16.6. The van der Waals surface area contributed by atoms with Gasteiger partial charge in [0, 0.05) is 80.1 Å². The van der Waals surface area contributed by atoms with Crippen LogP contribution in [0.25, 0.3) is 147 Å². The first-order valence-corrected chi connectivity index (χ1v) is 44.4. The minimum Gasteiger partial charge on any atom is -0.309 e. The maximum absolute atomic E-state index is 15.6. The van der Waals surface area contributed by atoms with Crippen LogP contribution in [0.4, 0.5) is 0 Å². The van der Waals surface area contributed by atoms with Crippen molar-refractivity contribution in [1.82, 2.24) is 28.2 Å². The van der Waals surface area contributed by atoms with Gasteiger partial charge in [-0.1, -0.05) is 352 Å². The maximum atomic E-state index is 15.6. The minimum atomic E-state index is -3.25.